The molecule has 176 valence electrons. The van der Waals surface area contributed by atoms with Crippen molar-refractivity contribution in [3.63, 3.8) is 0 Å². The molecule has 9 heteroatoms. The zero-order valence-corrected chi connectivity index (χ0v) is 20.1. The predicted octanol–water partition coefficient (Wildman–Crippen LogP) is 4.48. The molecule has 7 nitrogen and oxygen atoms in total. The normalized spacial score (nSPS) is 13.2. The van der Waals surface area contributed by atoms with E-state index in [2.05, 4.69) is 10.6 Å². The molecule has 1 aliphatic rings. The van der Waals surface area contributed by atoms with Crippen LogP contribution in [0.4, 0.5) is 11.4 Å². The first-order valence-electron chi connectivity index (χ1n) is 10.9. The summed E-state index contributed by atoms with van der Waals surface area (Å²) in [7, 11) is -3.90. The third-order valence-electron chi connectivity index (χ3n) is 5.56. The summed E-state index contributed by atoms with van der Waals surface area (Å²) in [5.74, 6) is -0.833. The van der Waals surface area contributed by atoms with E-state index in [1.54, 1.807) is 30.3 Å². The maximum atomic E-state index is 13.5. The molecule has 0 bridgehead atoms. The van der Waals surface area contributed by atoms with Crippen molar-refractivity contribution in [2.45, 2.75) is 24.7 Å². The monoisotopic (exact) mass is 497 g/mol. The molecule has 2 N–H and O–H groups in total. The summed E-state index contributed by atoms with van der Waals surface area (Å²) in [5, 5.41) is 5.52. The van der Waals surface area contributed by atoms with Gasteiger partial charge < -0.3 is 10.6 Å². The second-order valence-corrected chi connectivity index (χ2v) is 10.1. The Bertz CT molecular complexity index is 1360. The number of halogens is 1. The van der Waals surface area contributed by atoms with Crippen molar-refractivity contribution in [2.24, 2.45) is 0 Å². The van der Waals surface area contributed by atoms with Crippen LogP contribution < -0.4 is 14.9 Å². The van der Waals surface area contributed by atoms with E-state index in [9.17, 15) is 18.0 Å². The average molecular weight is 498 g/mol. The van der Waals surface area contributed by atoms with Gasteiger partial charge in [0.15, 0.2) is 0 Å². The number of rotatable bonds is 6. The van der Waals surface area contributed by atoms with Gasteiger partial charge in [0.05, 0.1) is 21.2 Å². The molecule has 0 aliphatic carbocycles. The first-order chi connectivity index (χ1) is 16.3. The van der Waals surface area contributed by atoms with E-state index < -0.39 is 15.9 Å². The molecule has 2 amide bonds. The topological polar surface area (TPSA) is 95.6 Å². The first kappa shape index (κ1) is 23.8. The Morgan fingerprint density at radius 1 is 1.00 bits per heavy atom. The summed E-state index contributed by atoms with van der Waals surface area (Å²) in [4.78, 5) is 25.1. The van der Waals surface area contributed by atoms with E-state index in [1.165, 1.54) is 22.5 Å². The molecular formula is C25H24ClN3O4S. The first-order valence-corrected chi connectivity index (χ1v) is 12.7. The summed E-state index contributed by atoms with van der Waals surface area (Å²) < 4.78 is 28.3. The smallest absolute Gasteiger partial charge is 0.264 e. The number of aryl methyl sites for hydroxylation is 1. The molecule has 3 aromatic rings. The van der Waals surface area contributed by atoms with Gasteiger partial charge in [0.25, 0.3) is 21.8 Å². The lowest BCUT2D eigenvalue weighted by Crippen LogP contribution is -2.35. The number of para-hydroxylation sites is 1. The van der Waals surface area contributed by atoms with E-state index in [0.717, 1.165) is 12.0 Å². The number of carbonyl (C=O) groups excluding carboxylic acids is 2. The van der Waals surface area contributed by atoms with Crippen molar-refractivity contribution in [1.82, 2.24) is 5.32 Å². The molecule has 1 aliphatic heterocycles. The third-order valence-corrected chi connectivity index (χ3v) is 7.70. The van der Waals surface area contributed by atoms with Crippen molar-refractivity contribution in [1.29, 1.82) is 0 Å². The number of anilines is 2. The van der Waals surface area contributed by atoms with Crippen LogP contribution >= 0.6 is 11.6 Å². The van der Waals surface area contributed by atoms with Crippen LogP contribution in [-0.2, 0) is 16.4 Å². The Kier molecular flexibility index (Phi) is 6.90. The lowest BCUT2D eigenvalue weighted by molar-refractivity contribution is 0.0954. The van der Waals surface area contributed by atoms with E-state index in [0.29, 0.717) is 36.4 Å². The highest BCUT2D eigenvalue weighted by Crippen LogP contribution is 2.33. The Morgan fingerprint density at radius 3 is 2.59 bits per heavy atom. The van der Waals surface area contributed by atoms with Crippen molar-refractivity contribution in [3.8, 4) is 0 Å². The summed E-state index contributed by atoms with van der Waals surface area (Å²) >= 11 is 6.26. The van der Waals surface area contributed by atoms with Crippen LogP contribution in [-0.4, -0.2) is 33.3 Å². The van der Waals surface area contributed by atoms with E-state index in [1.807, 2.05) is 25.1 Å². The Balaban J connectivity index is 1.62. The van der Waals surface area contributed by atoms with Crippen LogP contribution in [0.3, 0.4) is 0 Å². The molecule has 0 saturated heterocycles. The fraction of sp³-hybridized carbons (Fsp3) is 0.200. The molecule has 0 saturated carbocycles. The molecule has 0 radical (unpaired) electrons. The van der Waals surface area contributed by atoms with Gasteiger partial charge in [-0.05, 0) is 67.8 Å². The maximum Gasteiger partial charge on any atom is 0.264 e. The largest absolute Gasteiger partial charge is 0.352 e. The molecule has 0 aromatic heterocycles. The van der Waals surface area contributed by atoms with Gasteiger partial charge in [-0.1, -0.05) is 35.9 Å². The van der Waals surface area contributed by atoms with Gasteiger partial charge in [0, 0.05) is 24.3 Å². The standard InChI is InChI=1S/C25H24ClN3O4S/c1-2-27-24(30)18-8-5-10-19(15-18)28-25(31)21-16-20(12-13-22(21)26)34(32,33)29-14-6-9-17-7-3-4-11-23(17)29/h3-5,7-8,10-13,15-16H,2,6,9,14H2,1H3,(H,27,30)(H,28,31). The number of nitrogens with one attached hydrogen (secondary N) is 2. The van der Waals surface area contributed by atoms with E-state index in [4.69, 9.17) is 11.6 Å². The number of benzene rings is 3. The number of nitrogens with zero attached hydrogens (tertiary/aromatic N) is 1. The SMILES string of the molecule is CCNC(=O)c1cccc(NC(=O)c2cc(S(=O)(=O)N3CCCc4ccccc43)ccc2Cl)c1. The number of hydrogen-bond donors (Lipinski definition) is 2. The van der Waals surface area contributed by atoms with Crippen molar-refractivity contribution in [3.05, 3.63) is 88.4 Å². The van der Waals surface area contributed by atoms with Crippen LogP contribution in [0.2, 0.25) is 5.02 Å². The van der Waals surface area contributed by atoms with Crippen molar-refractivity contribution >= 4 is 44.8 Å². The summed E-state index contributed by atoms with van der Waals surface area (Å²) in [5.41, 5.74) is 2.43. The molecule has 3 aromatic carbocycles. The van der Waals surface area contributed by atoms with Gasteiger partial charge in [-0.15, -0.1) is 0 Å². The summed E-state index contributed by atoms with van der Waals surface area (Å²) in [6.45, 7) is 2.65. The van der Waals surface area contributed by atoms with E-state index >= 15 is 0 Å². The number of amides is 2. The molecule has 0 unspecified atom stereocenters. The molecule has 0 atom stereocenters. The lowest BCUT2D eigenvalue weighted by atomic mass is 10.0. The van der Waals surface area contributed by atoms with Gasteiger partial charge in [0.2, 0.25) is 0 Å². The zero-order valence-electron chi connectivity index (χ0n) is 18.5. The maximum absolute atomic E-state index is 13.5. The molecule has 34 heavy (non-hydrogen) atoms. The lowest BCUT2D eigenvalue weighted by Gasteiger charge is -2.30. The van der Waals surface area contributed by atoms with Crippen molar-refractivity contribution < 1.29 is 18.0 Å². The van der Waals surface area contributed by atoms with Crippen molar-refractivity contribution in [2.75, 3.05) is 22.7 Å². The molecule has 1 heterocycles. The highest BCUT2D eigenvalue weighted by Gasteiger charge is 2.30. The second-order valence-electron chi connectivity index (χ2n) is 7.85. The van der Waals surface area contributed by atoms with Gasteiger partial charge in [-0.3, -0.25) is 13.9 Å². The Morgan fingerprint density at radius 2 is 1.79 bits per heavy atom. The number of sulfonamides is 1. The second kappa shape index (κ2) is 9.87. The van der Waals surface area contributed by atoms with Crippen LogP contribution in [0, 0.1) is 0 Å². The van der Waals surface area contributed by atoms with Gasteiger partial charge >= 0.3 is 0 Å². The Hall–Kier alpha value is -3.36. The number of fused-ring (bicyclic) bond motifs is 1. The zero-order chi connectivity index (χ0) is 24.3. The fourth-order valence-electron chi connectivity index (χ4n) is 3.91. The highest BCUT2D eigenvalue weighted by atomic mass is 35.5. The minimum absolute atomic E-state index is 0.0187. The van der Waals surface area contributed by atoms with E-state index in [-0.39, 0.29) is 21.4 Å². The number of carbonyl (C=O) groups is 2. The van der Waals surface area contributed by atoms with Crippen LogP contribution in [0.25, 0.3) is 0 Å². The molecular weight excluding hydrogens is 474 g/mol. The molecule has 0 spiro atoms. The predicted molar refractivity (Wildman–Crippen MR) is 133 cm³/mol. The fourth-order valence-corrected chi connectivity index (χ4v) is 5.69. The van der Waals surface area contributed by atoms with Crippen LogP contribution in [0.5, 0.6) is 0 Å². The third kappa shape index (κ3) is 4.78. The molecule has 0 fully saturated rings. The molecule has 4 rings (SSSR count). The average Bonchev–Trinajstić information content (AvgIpc) is 2.84. The van der Waals surface area contributed by atoms with Crippen LogP contribution in [0.15, 0.2) is 71.6 Å². The van der Waals surface area contributed by atoms with Gasteiger partial charge in [0.1, 0.15) is 0 Å². The van der Waals surface area contributed by atoms with Gasteiger partial charge in [-0.2, -0.15) is 0 Å². The minimum atomic E-state index is -3.90. The summed E-state index contributed by atoms with van der Waals surface area (Å²) in [6, 6.07) is 18.0. The summed E-state index contributed by atoms with van der Waals surface area (Å²) in [6.07, 6.45) is 1.52. The van der Waals surface area contributed by atoms with Gasteiger partial charge in [-0.25, -0.2) is 8.42 Å². The highest BCUT2D eigenvalue weighted by molar-refractivity contribution is 7.92. The number of hydrogen-bond acceptors (Lipinski definition) is 4. The Labute approximate surface area is 203 Å². The minimum Gasteiger partial charge on any atom is -0.352 e. The van der Waals surface area contributed by atoms with Crippen LogP contribution in [0.1, 0.15) is 39.6 Å². The quantitative estimate of drug-likeness (QED) is 0.524.